The molecule has 0 radical (unpaired) electrons. The van der Waals surface area contributed by atoms with Gasteiger partial charge >= 0.3 is 0 Å². The van der Waals surface area contributed by atoms with Crippen molar-refractivity contribution in [2.45, 2.75) is 38.8 Å². The molecule has 4 rings (SSSR count). The van der Waals surface area contributed by atoms with E-state index in [1.54, 1.807) is 18.4 Å². The van der Waals surface area contributed by atoms with Gasteiger partial charge in [0.2, 0.25) is 0 Å². The summed E-state index contributed by atoms with van der Waals surface area (Å²) in [6, 6.07) is 10.3. The van der Waals surface area contributed by atoms with Gasteiger partial charge in [0.05, 0.1) is 12.0 Å². The van der Waals surface area contributed by atoms with Gasteiger partial charge < -0.3 is 9.32 Å². The van der Waals surface area contributed by atoms with Gasteiger partial charge in [-0.25, -0.2) is 0 Å². The molecule has 5 nitrogen and oxygen atoms in total. The molecule has 0 aromatic carbocycles. The predicted molar refractivity (Wildman–Crippen MR) is 95.1 cm³/mol. The lowest BCUT2D eigenvalue weighted by molar-refractivity contribution is 0.0156. The molecule has 0 spiro atoms. The van der Waals surface area contributed by atoms with Crippen LogP contribution in [0.1, 0.15) is 41.2 Å². The topological polar surface area (TPSA) is 49.6 Å². The first-order valence-corrected chi connectivity index (χ1v) is 9.20. The highest BCUT2D eigenvalue weighted by Crippen LogP contribution is 2.32. The molecular weight excluding hydrogens is 314 g/mol. The SMILES string of the molecule is Cc1cccc(CN2CCC[C@@H]3CN(C(=O)c4ccco4)CC[C@@H]32)n1. The van der Waals surface area contributed by atoms with Crippen molar-refractivity contribution in [3.63, 3.8) is 0 Å². The molecule has 2 fully saturated rings. The summed E-state index contributed by atoms with van der Waals surface area (Å²) in [4.78, 5) is 21.8. The number of carbonyl (C=O) groups excluding carboxylic acids is 1. The molecule has 2 aromatic heterocycles. The molecule has 0 unspecified atom stereocenters. The Morgan fingerprint density at radius 3 is 2.96 bits per heavy atom. The van der Waals surface area contributed by atoms with E-state index in [1.165, 1.54) is 12.8 Å². The van der Waals surface area contributed by atoms with Crippen LogP contribution >= 0.6 is 0 Å². The molecule has 2 aliphatic heterocycles. The number of nitrogens with zero attached hydrogens (tertiary/aromatic N) is 3. The first-order chi connectivity index (χ1) is 12.2. The zero-order valence-corrected chi connectivity index (χ0v) is 14.7. The fourth-order valence-electron chi connectivity index (χ4n) is 4.34. The molecule has 25 heavy (non-hydrogen) atoms. The lowest BCUT2D eigenvalue weighted by Crippen LogP contribution is -2.54. The molecule has 5 heteroatoms. The Hall–Kier alpha value is -2.14. The number of likely N-dealkylation sites (tertiary alicyclic amines) is 2. The number of piperidine rings is 2. The van der Waals surface area contributed by atoms with E-state index in [0.717, 1.165) is 44.0 Å². The van der Waals surface area contributed by atoms with Gasteiger partial charge in [-0.05, 0) is 62.9 Å². The Bertz CT molecular complexity index is 728. The van der Waals surface area contributed by atoms with Gasteiger partial charge in [-0.1, -0.05) is 6.07 Å². The minimum Gasteiger partial charge on any atom is -0.459 e. The maximum absolute atomic E-state index is 12.6. The monoisotopic (exact) mass is 339 g/mol. The van der Waals surface area contributed by atoms with Crippen LogP contribution in [0, 0.1) is 12.8 Å². The number of furan rings is 1. The van der Waals surface area contributed by atoms with Crippen LogP contribution in [0.5, 0.6) is 0 Å². The second-order valence-electron chi connectivity index (χ2n) is 7.23. The lowest BCUT2D eigenvalue weighted by Gasteiger charge is -2.47. The van der Waals surface area contributed by atoms with Crippen LogP contribution < -0.4 is 0 Å². The predicted octanol–water partition coefficient (Wildman–Crippen LogP) is 3.11. The van der Waals surface area contributed by atoms with Crippen LogP contribution in [0.15, 0.2) is 41.0 Å². The van der Waals surface area contributed by atoms with E-state index in [0.29, 0.717) is 17.7 Å². The van der Waals surface area contributed by atoms with Gasteiger partial charge in [-0.3, -0.25) is 14.7 Å². The van der Waals surface area contributed by atoms with Gasteiger partial charge in [0.1, 0.15) is 0 Å². The van der Waals surface area contributed by atoms with Crippen molar-refractivity contribution in [3.8, 4) is 0 Å². The van der Waals surface area contributed by atoms with Gasteiger partial charge in [-0.2, -0.15) is 0 Å². The van der Waals surface area contributed by atoms with Crippen LogP contribution in [0.25, 0.3) is 0 Å². The van der Waals surface area contributed by atoms with Crippen LogP contribution in [0.2, 0.25) is 0 Å². The number of aromatic nitrogens is 1. The third-order valence-corrected chi connectivity index (χ3v) is 5.51. The van der Waals surface area contributed by atoms with Crippen molar-refractivity contribution in [3.05, 3.63) is 53.7 Å². The lowest BCUT2D eigenvalue weighted by atomic mass is 9.83. The van der Waals surface area contributed by atoms with E-state index in [9.17, 15) is 4.79 Å². The highest BCUT2D eigenvalue weighted by molar-refractivity contribution is 5.91. The fourth-order valence-corrected chi connectivity index (χ4v) is 4.34. The molecular formula is C20H25N3O2. The summed E-state index contributed by atoms with van der Waals surface area (Å²) in [6.45, 7) is 5.72. The number of fused-ring (bicyclic) bond motifs is 1. The Labute approximate surface area is 148 Å². The minimum absolute atomic E-state index is 0.0286. The van der Waals surface area contributed by atoms with Crippen molar-refractivity contribution in [1.82, 2.24) is 14.8 Å². The summed E-state index contributed by atoms with van der Waals surface area (Å²) < 4.78 is 5.29. The molecule has 0 bridgehead atoms. The van der Waals surface area contributed by atoms with E-state index in [1.807, 2.05) is 17.9 Å². The number of hydrogen-bond acceptors (Lipinski definition) is 4. The largest absolute Gasteiger partial charge is 0.459 e. The summed E-state index contributed by atoms with van der Waals surface area (Å²) in [5.41, 5.74) is 2.22. The average molecular weight is 339 g/mol. The number of amides is 1. The zero-order chi connectivity index (χ0) is 17.2. The third-order valence-electron chi connectivity index (χ3n) is 5.51. The Kier molecular flexibility index (Phi) is 4.57. The maximum atomic E-state index is 12.6. The quantitative estimate of drug-likeness (QED) is 0.862. The Morgan fingerprint density at radius 1 is 1.24 bits per heavy atom. The van der Waals surface area contributed by atoms with Crippen LogP contribution in [-0.4, -0.2) is 46.4 Å². The highest BCUT2D eigenvalue weighted by atomic mass is 16.3. The second kappa shape index (κ2) is 7.00. The normalized spacial score (nSPS) is 24.1. The molecule has 1 amide bonds. The Morgan fingerprint density at radius 2 is 2.16 bits per heavy atom. The summed E-state index contributed by atoms with van der Waals surface area (Å²) in [7, 11) is 0. The van der Waals surface area contributed by atoms with Crippen molar-refractivity contribution >= 4 is 5.91 Å². The van der Waals surface area contributed by atoms with Gasteiger partial charge in [0, 0.05) is 31.4 Å². The fraction of sp³-hybridized carbons (Fsp3) is 0.500. The molecule has 132 valence electrons. The number of rotatable bonds is 3. The van der Waals surface area contributed by atoms with E-state index in [4.69, 9.17) is 4.42 Å². The molecule has 0 aliphatic carbocycles. The smallest absolute Gasteiger partial charge is 0.289 e. The number of pyridine rings is 1. The van der Waals surface area contributed by atoms with Crippen molar-refractivity contribution in [2.24, 2.45) is 5.92 Å². The van der Waals surface area contributed by atoms with Crippen molar-refractivity contribution in [1.29, 1.82) is 0 Å². The standard InChI is InChI=1S/C20H25N3O2/c1-15-5-2-7-17(21-15)14-22-10-3-6-16-13-23(11-9-18(16)22)20(24)19-8-4-12-25-19/h2,4-5,7-8,12,16,18H,3,6,9-11,13-14H2,1H3/t16-,18+/m1/s1. The molecule has 2 aromatic rings. The third kappa shape index (κ3) is 3.47. The van der Waals surface area contributed by atoms with Crippen molar-refractivity contribution < 1.29 is 9.21 Å². The van der Waals surface area contributed by atoms with Crippen molar-refractivity contribution in [2.75, 3.05) is 19.6 Å². The molecule has 2 aliphatic rings. The molecule has 0 N–H and O–H groups in total. The summed E-state index contributed by atoms with van der Waals surface area (Å²) in [5.74, 6) is 1.03. The van der Waals surface area contributed by atoms with Gasteiger partial charge in [0.25, 0.3) is 5.91 Å². The number of hydrogen-bond donors (Lipinski definition) is 0. The number of carbonyl (C=O) groups is 1. The molecule has 0 saturated carbocycles. The van der Waals surface area contributed by atoms with E-state index in [2.05, 4.69) is 22.0 Å². The van der Waals surface area contributed by atoms with E-state index in [-0.39, 0.29) is 5.91 Å². The molecule has 4 heterocycles. The average Bonchev–Trinajstić information content (AvgIpc) is 3.15. The second-order valence-corrected chi connectivity index (χ2v) is 7.23. The Balaban J connectivity index is 1.43. The highest BCUT2D eigenvalue weighted by Gasteiger charge is 2.37. The summed E-state index contributed by atoms with van der Waals surface area (Å²) >= 11 is 0. The minimum atomic E-state index is 0.0286. The van der Waals surface area contributed by atoms with E-state index >= 15 is 0 Å². The first-order valence-electron chi connectivity index (χ1n) is 9.20. The van der Waals surface area contributed by atoms with Crippen LogP contribution in [-0.2, 0) is 6.54 Å². The molecule has 2 saturated heterocycles. The van der Waals surface area contributed by atoms with Gasteiger partial charge in [0.15, 0.2) is 5.76 Å². The zero-order valence-electron chi connectivity index (χ0n) is 14.7. The van der Waals surface area contributed by atoms with E-state index < -0.39 is 0 Å². The van der Waals surface area contributed by atoms with Crippen LogP contribution in [0.4, 0.5) is 0 Å². The first kappa shape index (κ1) is 16.3. The van der Waals surface area contributed by atoms with Gasteiger partial charge in [-0.15, -0.1) is 0 Å². The summed E-state index contributed by atoms with van der Waals surface area (Å²) in [5, 5.41) is 0. The number of aryl methyl sites for hydroxylation is 1. The molecule has 2 atom stereocenters. The summed E-state index contributed by atoms with van der Waals surface area (Å²) in [6.07, 6.45) is 4.99. The van der Waals surface area contributed by atoms with Crippen LogP contribution in [0.3, 0.4) is 0 Å². The maximum Gasteiger partial charge on any atom is 0.289 e.